The molecule has 1 rings (SSSR count). The van der Waals surface area contributed by atoms with Gasteiger partial charge in [-0.05, 0) is 31.6 Å². The van der Waals surface area contributed by atoms with Crippen LogP contribution in [0.1, 0.15) is 31.0 Å². The molecule has 2 nitrogen and oxygen atoms in total. The number of hydrogen-bond donors (Lipinski definition) is 1. The molecule has 0 spiro atoms. The van der Waals surface area contributed by atoms with Gasteiger partial charge in [-0.3, -0.25) is 0 Å². The van der Waals surface area contributed by atoms with Crippen molar-refractivity contribution in [3.63, 3.8) is 0 Å². The van der Waals surface area contributed by atoms with Gasteiger partial charge in [-0.1, -0.05) is 38.1 Å². The highest BCUT2D eigenvalue weighted by atomic mass is 32.2. The molecule has 18 heavy (non-hydrogen) atoms. The van der Waals surface area contributed by atoms with Gasteiger partial charge in [0.25, 0.3) is 0 Å². The first-order valence-electron chi connectivity index (χ1n) is 6.65. The summed E-state index contributed by atoms with van der Waals surface area (Å²) in [5, 5.41) is 0.456. The number of rotatable bonds is 7. The maximum atomic E-state index is 6.31. The first kappa shape index (κ1) is 15.5. The smallest absolute Gasteiger partial charge is 0.0412 e. The highest BCUT2D eigenvalue weighted by Crippen LogP contribution is 2.24. The minimum atomic E-state index is 0.128. The average molecular weight is 266 g/mol. The van der Waals surface area contributed by atoms with E-state index in [1.807, 2.05) is 11.8 Å². The quantitative estimate of drug-likeness (QED) is 0.823. The Hall–Kier alpha value is -0.510. The minimum Gasteiger partial charge on any atom is -0.323 e. The Bertz CT molecular complexity index is 335. The highest BCUT2D eigenvalue weighted by molar-refractivity contribution is 7.99. The van der Waals surface area contributed by atoms with Crippen LogP contribution in [0.3, 0.4) is 0 Å². The maximum absolute atomic E-state index is 6.31. The summed E-state index contributed by atoms with van der Waals surface area (Å²) in [5.41, 5.74) is 8.93. The van der Waals surface area contributed by atoms with Crippen LogP contribution in [0.5, 0.6) is 0 Å². The molecule has 0 saturated heterocycles. The van der Waals surface area contributed by atoms with Gasteiger partial charge in [0.2, 0.25) is 0 Å². The Kier molecular flexibility index (Phi) is 6.76. The SMILES string of the molecule is CCc1ccc(C(N)C(C)SCCN(C)C)cc1. The Morgan fingerprint density at radius 1 is 1.22 bits per heavy atom. The lowest BCUT2D eigenvalue weighted by atomic mass is 10.0. The molecule has 0 amide bonds. The van der Waals surface area contributed by atoms with E-state index in [1.165, 1.54) is 11.1 Å². The van der Waals surface area contributed by atoms with Crippen LogP contribution in [0.15, 0.2) is 24.3 Å². The van der Waals surface area contributed by atoms with Gasteiger partial charge in [0, 0.05) is 23.6 Å². The molecule has 0 heterocycles. The Morgan fingerprint density at radius 2 is 1.83 bits per heavy atom. The number of nitrogens with two attached hydrogens (primary N) is 1. The molecule has 0 aliphatic rings. The van der Waals surface area contributed by atoms with E-state index < -0.39 is 0 Å². The third-order valence-electron chi connectivity index (χ3n) is 3.20. The standard InChI is InChI=1S/C15H26N2S/c1-5-13-6-8-14(9-7-13)15(16)12(2)18-11-10-17(3)4/h6-9,12,15H,5,10-11,16H2,1-4H3. The summed E-state index contributed by atoms with van der Waals surface area (Å²) in [7, 11) is 4.21. The monoisotopic (exact) mass is 266 g/mol. The normalized spacial score (nSPS) is 14.8. The fourth-order valence-corrected chi connectivity index (χ4v) is 2.98. The van der Waals surface area contributed by atoms with E-state index in [4.69, 9.17) is 5.73 Å². The van der Waals surface area contributed by atoms with E-state index in [9.17, 15) is 0 Å². The molecule has 0 aliphatic heterocycles. The number of aryl methyl sites for hydroxylation is 1. The van der Waals surface area contributed by atoms with Crippen LogP contribution in [0.2, 0.25) is 0 Å². The van der Waals surface area contributed by atoms with Gasteiger partial charge in [-0.15, -0.1) is 0 Å². The van der Waals surface area contributed by atoms with Crippen LogP contribution in [0, 0.1) is 0 Å². The average Bonchev–Trinajstić information content (AvgIpc) is 2.37. The lowest BCUT2D eigenvalue weighted by Gasteiger charge is -2.21. The Morgan fingerprint density at radius 3 is 2.33 bits per heavy atom. The van der Waals surface area contributed by atoms with E-state index in [-0.39, 0.29) is 6.04 Å². The van der Waals surface area contributed by atoms with Crippen molar-refractivity contribution in [3.05, 3.63) is 35.4 Å². The first-order valence-corrected chi connectivity index (χ1v) is 7.70. The largest absolute Gasteiger partial charge is 0.323 e. The zero-order valence-electron chi connectivity index (χ0n) is 12.0. The molecule has 0 radical (unpaired) electrons. The Labute approximate surface area is 116 Å². The second-order valence-electron chi connectivity index (χ2n) is 5.00. The zero-order chi connectivity index (χ0) is 13.5. The van der Waals surface area contributed by atoms with Gasteiger partial charge >= 0.3 is 0 Å². The summed E-state index contributed by atoms with van der Waals surface area (Å²) >= 11 is 1.95. The van der Waals surface area contributed by atoms with Crippen molar-refractivity contribution in [1.82, 2.24) is 4.90 Å². The fraction of sp³-hybridized carbons (Fsp3) is 0.600. The van der Waals surface area contributed by atoms with E-state index >= 15 is 0 Å². The third-order valence-corrected chi connectivity index (χ3v) is 4.44. The fourth-order valence-electron chi connectivity index (χ4n) is 1.77. The molecule has 1 aromatic carbocycles. The lowest BCUT2D eigenvalue weighted by molar-refractivity contribution is 0.437. The molecule has 2 N–H and O–H groups in total. The van der Waals surface area contributed by atoms with Crippen molar-refractivity contribution in [2.24, 2.45) is 5.73 Å². The molecule has 0 bridgehead atoms. The lowest BCUT2D eigenvalue weighted by Crippen LogP contribution is -2.23. The summed E-state index contributed by atoms with van der Waals surface area (Å²) in [6, 6.07) is 8.85. The number of nitrogens with zero attached hydrogens (tertiary/aromatic N) is 1. The van der Waals surface area contributed by atoms with Crippen molar-refractivity contribution in [2.75, 3.05) is 26.4 Å². The molecular formula is C15H26N2S. The van der Waals surface area contributed by atoms with Gasteiger partial charge < -0.3 is 10.6 Å². The molecule has 2 unspecified atom stereocenters. The van der Waals surface area contributed by atoms with Crippen LogP contribution in [0.4, 0.5) is 0 Å². The van der Waals surface area contributed by atoms with Gasteiger partial charge in [-0.25, -0.2) is 0 Å². The molecule has 2 atom stereocenters. The van der Waals surface area contributed by atoms with Crippen LogP contribution in [-0.4, -0.2) is 36.5 Å². The second kappa shape index (κ2) is 7.82. The number of hydrogen-bond acceptors (Lipinski definition) is 3. The van der Waals surface area contributed by atoms with Crippen molar-refractivity contribution in [2.45, 2.75) is 31.6 Å². The summed E-state index contributed by atoms with van der Waals surface area (Å²) < 4.78 is 0. The molecule has 0 aliphatic carbocycles. The van der Waals surface area contributed by atoms with Crippen molar-refractivity contribution >= 4 is 11.8 Å². The molecule has 0 fully saturated rings. The topological polar surface area (TPSA) is 29.3 Å². The predicted octanol–water partition coefficient (Wildman–Crippen LogP) is 2.93. The molecule has 1 aromatic rings. The summed E-state index contributed by atoms with van der Waals surface area (Å²) in [6.45, 7) is 5.50. The summed E-state index contributed by atoms with van der Waals surface area (Å²) in [6.07, 6.45) is 1.09. The second-order valence-corrected chi connectivity index (χ2v) is 6.49. The van der Waals surface area contributed by atoms with Gasteiger partial charge in [0.05, 0.1) is 0 Å². The maximum Gasteiger partial charge on any atom is 0.0412 e. The molecule has 0 saturated carbocycles. The first-order chi connectivity index (χ1) is 8.54. The number of thioether (sulfide) groups is 1. The molecule has 3 heteroatoms. The Balaban J connectivity index is 2.48. The molecular weight excluding hydrogens is 240 g/mol. The highest BCUT2D eigenvalue weighted by Gasteiger charge is 2.15. The van der Waals surface area contributed by atoms with Crippen LogP contribution >= 0.6 is 11.8 Å². The van der Waals surface area contributed by atoms with E-state index in [1.54, 1.807) is 0 Å². The predicted molar refractivity (Wildman–Crippen MR) is 83.2 cm³/mol. The molecule has 0 aromatic heterocycles. The zero-order valence-corrected chi connectivity index (χ0v) is 12.8. The van der Waals surface area contributed by atoms with Gasteiger partial charge in [-0.2, -0.15) is 11.8 Å². The van der Waals surface area contributed by atoms with Gasteiger partial charge in [0.1, 0.15) is 0 Å². The van der Waals surface area contributed by atoms with Gasteiger partial charge in [0.15, 0.2) is 0 Å². The van der Waals surface area contributed by atoms with Crippen molar-refractivity contribution in [3.8, 4) is 0 Å². The van der Waals surface area contributed by atoms with Crippen molar-refractivity contribution in [1.29, 1.82) is 0 Å². The molecule has 102 valence electrons. The van der Waals surface area contributed by atoms with Crippen LogP contribution in [-0.2, 0) is 6.42 Å². The third kappa shape index (κ3) is 5.01. The summed E-state index contributed by atoms with van der Waals surface area (Å²) in [5.74, 6) is 1.13. The number of benzene rings is 1. The van der Waals surface area contributed by atoms with E-state index in [0.29, 0.717) is 5.25 Å². The minimum absolute atomic E-state index is 0.128. The van der Waals surface area contributed by atoms with Crippen LogP contribution < -0.4 is 5.73 Å². The van der Waals surface area contributed by atoms with E-state index in [0.717, 1.165) is 18.7 Å². The van der Waals surface area contributed by atoms with Crippen molar-refractivity contribution < 1.29 is 0 Å². The van der Waals surface area contributed by atoms with Crippen LogP contribution in [0.25, 0.3) is 0 Å². The van der Waals surface area contributed by atoms with E-state index in [2.05, 4.69) is 57.1 Å². The summed E-state index contributed by atoms with van der Waals surface area (Å²) in [4.78, 5) is 2.21.